The van der Waals surface area contributed by atoms with Crippen molar-refractivity contribution in [2.24, 2.45) is 5.92 Å². The number of amides is 2. The van der Waals surface area contributed by atoms with Crippen molar-refractivity contribution in [3.63, 3.8) is 0 Å². The van der Waals surface area contributed by atoms with E-state index in [0.29, 0.717) is 49.2 Å². The standard InChI is InChI=1S/C35H41ClFN3O7/c1-44-32-16-39(17-33(32)45-2)23-13-24(19-46-25-9-7-21(18-41)8-10-25)40(15-23)34(42)12-22-11-28(36)30(14-29(22)37)38-35(43)27-20-47-31-6-4-3-5-26(27)31/h3-6,11,14,18,20-21,23-25,32-33H,7-10,12-13,15-17,19H2,1-2H3,(H,38,43)/t21?,23-,24-,25?,32-,33+/m0/s1. The summed E-state index contributed by atoms with van der Waals surface area (Å²) in [6, 6.07) is 9.54. The molecule has 252 valence electrons. The van der Waals surface area contributed by atoms with Gasteiger partial charge in [-0.05, 0) is 55.9 Å². The second kappa shape index (κ2) is 14.8. The lowest BCUT2D eigenvalue weighted by Crippen LogP contribution is -2.41. The third-order valence-electron chi connectivity index (χ3n) is 9.97. The highest BCUT2D eigenvalue weighted by molar-refractivity contribution is 6.34. The Hall–Kier alpha value is -3.35. The number of para-hydroxylation sites is 1. The first kappa shape index (κ1) is 33.5. The molecule has 2 aliphatic heterocycles. The molecule has 1 aliphatic carbocycles. The minimum atomic E-state index is -0.643. The van der Waals surface area contributed by atoms with Crippen LogP contribution in [0, 0.1) is 11.7 Å². The second-order valence-electron chi connectivity index (χ2n) is 12.8. The third kappa shape index (κ3) is 7.39. The summed E-state index contributed by atoms with van der Waals surface area (Å²) in [5, 5.41) is 3.42. The lowest BCUT2D eigenvalue weighted by molar-refractivity contribution is -0.133. The highest BCUT2D eigenvalue weighted by atomic mass is 35.5. The van der Waals surface area contributed by atoms with Gasteiger partial charge < -0.3 is 33.6 Å². The molecule has 0 spiro atoms. The van der Waals surface area contributed by atoms with Gasteiger partial charge in [-0.2, -0.15) is 0 Å². The second-order valence-corrected chi connectivity index (χ2v) is 13.2. The number of benzene rings is 2. The molecule has 3 heterocycles. The number of halogens is 2. The molecule has 1 N–H and O–H groups in total. The smallest absolute Gasteiger partial charge is 0.259 e. The van der Waals surface area contributed by atoms with E-state index in [1.54, 1.807) is 43.4 Å². The van der Waals surface area contributed by atoms with Crippen molar-refractivity contribution >= 4 is 46.4 Å². The Bertz CT molecular complexity index is 1580. The Kier molecular flexibility index (Phi) is 10.6. The fourth-order valence-corrected chi connectivity index (χ4v) is 7.44. The van der Waals surface area contributed by atoms with Crippen LogP contribution in [0.5, 0.6) is 0 Å². The highest BCUT2D eigenvalue weighted by Gasteiger charge is 2.43. The average Bonchev–Trinajstić information content (AvgIpc) is 3.83. The molecular formula is C35H41ClFN3O7. The molecule has 12 heteroatoms. The van der Waals surface area contributed by atoms with Crippen LogP contribution in [0.25, 0.3) is 11.0 Å². The van der Waals surface area contributed by atoms with E-state index in [1.165, 1.54) is 12.3 Å². The maximum Gasteiger partial charge on any atom is 0.259 e. The Morgan fingerprint density at radius 2 is 1.79 bits per heavy atom. The van der Waals surface area contributed by atoms with Crippen LogP contribution in [-0.4, -0.2) is 98.8 Å². The molecule has 2 aromatic carbocycles. The van der Waals surface area contributed by atoms with Crippen LogP contribution in [-0.2, 0) is 30.2 Å². The van der Waals surface area contributed by atoms with Crippen LogP contribution in [0.1, 0.15) is 48.0 Å². The predicted octanol–water partition coefficient (Wildman–Crippen LogP) is 5.11. The van der Waals surface area contributed by atoms with Gasteiger partial charge in [0.1, 0.15) is 23.9 Å². The first-order valence-electron chi connectivity index (χ1n) is 16.2. The molecule has 2 saturated heterocycles. The largest absolute Gasteiger partial charge is 0.463 e. The van der Waals surface area contributed by atoms with Crippen LogP contribution in [0.3, 0.4) is 0 Å². The van der Waals surface area contributed by atoms with Gasteiger partial charge in [-0.1, -0.05) is 29.8 Å². The molecule has 3 fully saturated rings. The molecule has 1 saturated carbocycles. The number of furan rings is 1. The van der Waals surface area contributed by atoms with Crippen LogP contribution in [0.4, 0.5) is 10.1 Å². The number of hydrogen-bond acceptors (Lipinski definition) is 8. The van der Waals surface area contributed by atoms with Gasteiger partial charge in [0.15, 0.2) is 0 Å². The molecule has 0 unspecified atom stereocenters. The van der Waals surface area contributed by atoms with E-state index in [1.807, 2.05) is 0 Å². The molecular weight excluding hydrogens is 629 g/mol. The summed E-state index contributed by atoms with van der Waals surface area (Å²) in [7, 11) is 3.35. The quantitative estimate of drug-likeness (QED) is 0.281. The van der Waals surface area contributed by atoms with Crippen LogP contribution in [0.2, 0.25) is 5.02 Å². The minimum Gasteiger partial charge on any atom is -0.463 e. The zero-order chi connectivity index (χ0) is 33.1. The average molecular weight is 670 g/mol. The van der Waals surface area contributed by atoms with Crippen molar-refractivity contribution in [2.75, 3.05) is 45.8 Å². The molecule has 0 radical (unpaired) electrons. The van der Waals surface area contributed by atoms with E-state index in [2.05, 4.69) is 10.2 Å². The van der Waals surface area contributed by atoms with E-state index in [4.69, 9.17) is 30.2 Å². The van der Waals surface area contributed by atoms with Gasteiger partial charge >= 0.3 is 0 Å². The zero-order valence-corrected chi connectivity index (χ0v) is 27.4. The summed E-state index contributed by atoms with van der Waals surface area (Å²) >= 11 is 6.52. The molecule has 6 rings (SSSR count). The summed E-state index contributed by atoms with van der Waals surface area (Å²) in [4.78, 5) is 42.1. The monoisotopic (exact) mass is 669 g/mol. The number of anilines is 1. The van der Waals surface area contributed by atoms with Gasteiger partial charge in [0, 0.05) is 51.2 Å². The maximum absolute atomic E-state index is 15.5. The van der Waals surface area contributed by atoms with Crippen molar-refractivity contribution in [3.8, 4) is 0 Å². The number of carbonyl (C=O) groups is 3. The number of nitrogens with one attached hydrogen (secondary N) is 1. The summed E-state index contributed by atoms with van der Waals surface area (Å²) in [6.07, 6.45) is 6.07. The summed E-state index contributed by atoms with van der Waals surface area (Å²) in [5.74, 6) is -1.27. The van der Waals surface area contributed by atoms with Gasteiger partial charge in [0.2, 0.25) is 5.91 Å². The van der Waals surface area contributed by atoms with E-state index in [-0.39, 0.29) is 64.9 Å². The fourth-order valence-electron chi connectivity index (χ4n) is 7.21. The van der Waals surface area contributed by atoms with Crippen LogP contribution < -0.4 is 5.32 Å². The topological polar surface area (TPSA) is 111 Å². The zero-order valence-electron chi connectivity index (χ0n) is 26.7. The highest BCUT2D eigenvalue weighted by Crippen LogP contribution is 2.32. The number of ether oxygens (including phenoxy) is 3. The molecule has 3 aliphatic rings. The Morgan fingerprint density at radius 1 is 1.06 bits per heavy atom. The van der Waals surface area contributed by atoms with E-state index < -0.39 is 11.7 Å². The number of hydrogen-bond donors (Lipinski definition) is 1. The molecule has 0 bridgehead atoms. The number of aldehydes is 1. The number of fused-ring (bicyclic) bond motifs is 1. The van der Waals surface area contributed by atoms with E-state index in [9.17, 15) is 14.4 Å². The molecule has 1 aromatic heterocycles. The molecule has 4 atom stereocenters. The van der Waals surface area contributed by atoms with E-state index in [0.717, 1.165) is 38.0 Å². The van der Waals surface area contributed by atoms with Crippen molar-refractivity contribution in [1.29, 1.82) is 0 Å². The number of methoxy groups -OCH3 is 2. The lowest BCUT2D eigenvalue weighted by Gasteiger charge is -2.29. The SMILES string of the molecule is CO[C@H]1CN([C@H]2C[C@@H](COC3CCC(C=O)CC3)N(C(=O)Cc3cc(Cl)c(NC(=O)c4coc5ccccc45)cc3F)C2)C[C@H]1OC. The molecule has 3 aromatic rings. The first-order chi connectivity index (χ1) is 22.8. The number of nitrogens with zero attached hydrogens (tertiary/aromatic N) is 2. The minimum absolute atomic E-state index is 0.0452. The third-order valence-corrected chi connectivity index (χ3v) is 10.3. The van der Waals surface area contributed by atoms with Gasteiger partial charge in [-0.3, -0.25) is 14.5 Å². The Balaban J connectivity index is 1.14. The Morgan fingerprint density at radius 3 is 2.49 bits per heavy atom. The van der Waals surface area contributed by atoms with Gasteiger partial charge in [-0.25, -0.2) is 4.39 Å². The van der Waals surface area contributed by atoms with Gasteiger partial charge in [0.25, 0.3) is 5.91 Å². The van der Waals surface area contributed by atoms with Crippen molar-refractivity contribution in [3.05, 3.63) is 64.6 Å². The number of carbonyl (C=O) groups excluding carboxylic acids is 3. The lowest BCUT2D eigenvalue weighted by atomic mass is 9.88. The first-order valence-corrected chi connectivity index (χ1v) is 16.6. The number of rotatable bonds is 11. The maximum atomic E-state index is 15.5. The van der Waals surface area contributed by atoms with Gasteiger partial charge in [-0.15, -0.1) is 0 Å². The summed E-state index contributed by atoms with van der Waals surface area (Å²) in [5.41, 5.74) is 1.10. The summed E-state index contributed by atoms with van der Waals surface area (Å²) in [6.45, 7) is 2.22. The molecule has 2 amide bonds. The predicted molar refractivity (Wildman–Crippen MR) is 174 cm³/mol. The molecule has 10 nitrogen and oxygen atoms in total. The van der Waals surface area contributed by atoms with Crippen LogP contribution >= 0.6 is 11.6 Å². The fraction of sp³-hybridized carbons (Fsp3) is 0.514. The van der Waals surface area contributed by atoms with Gasteiger partial charge in [0.05, 0.1) is 53.7 Å². The van der Waals surface area contributed by atoms with Crippen molar-refractivity contribution in [2.45, 2.75) is 68.9 Å². The normalized spacial score (nSPS) is 26.6. The number of likely N-dealkylation sites (tertiary alicyclic amines) is 2. The summed E-state index contributed by atoms with van der Waals surface area (Å²) < 4.78 is 38.5. The van der Waals surface area contributed by atoms with Crippen molar-refractivity contribution in [1.82, 2.24) is 9.80 Å². The van der Waals surface area contributed by atoms with E-state index >= 15 is 4.39 Å². The van der Waals surface area contributed by atoms with Crippen LogP contribution in [0.15, 0.2) is 47.1 Å². The van der Waals surface area contributed by atoms with Crippen molar-refractivity contribution < 1.29 is 37.4 Å². The molecule has 47 heavy (non-hydrogen) atoms. The Labute approximate surface area is 278 Å².